The average Bonchev–Trinajstić information content (AvgIpc) is 2.27. The van der Waals surface area contributed by atoms with Crippen molar-refractivity contribution >= 4 is 5.96 Å². The molecule has 0 aliphatic carbocycles. The van der Waals surface area contributed by atoms with Gasteiger partial charge in [-0.25, -0.2) is 0 Å². The third-order valence-electron chi connectivity index (χ3n) is 2.90. The van der Waals surface area contributed by atoms with Gasteiger partial charge < -0.3 is 10.6 Å². The molecule has 18 heavy (non-hydrogen) atoms. The van der Waals surface area contributed by atoms with Crippen molar-refractivity contribution in [2.45, 2.75) is 79.3 Å². The Morgan fingerprint density at radius 2 is 1.56 bits per heavy atom. The predicted molar refractivity (Wildman–Crippen MR) is 82.2 cm³/mol. The van der Waals surface area contributed by atoms with Gasteiger partial charge in [0.1, 0.15) is 0 Å². The molecule has 0 aromatic rings. The molecule has 0 fully saturated rings. The smallest absolute Gasteiger partial charge is 0.191 e. The van der Waals surface area contributed by atoms with Gasteiger partial charge in [0.15, 0.2) is 5.96 Å². The highest BCUT2D eigenvalue weighted by Crippen LogP contribution is 2.12. The monoisotopic (exact) mass is 255 g/mol. The van der Waals surface area contributed by atoms with Crippen molar-refractivity contribution in [3.63, 3.8) is 0 Å². The average molecular weight is 255 g/mol. The number of hydrogen-bond acceptors (Lipinski definition) is 1. The summed E-state index contributed by atoms with van der Waals surface area (Å²) in [5.74, 6) is 1.68. The maximum atomic E-state index is 4.72. The zero-order chi connectivity index (χ0) is 14.0. The molecular weight excluding hydrogens is 222 g/mol. The summed E-state index contributed by atoms with van der Waals surface area (Å²) in [4.78, 5) is 4.72. The molecule has 0 aromatic heterocycles. The van der Waals surface area contributed by atoms with E-state index in [0.29, 0.717) is 12.1 Å². The van der Waals surface area contributed by atoms with Crippen LogP contribution in [0.2, 0.25) is 0 Å². The van der Waals surface area contributed by atoms with Crippen LogP contribution >= 0.6 is 0 Å². The topological polar surface area (TPSA) is 36.4 Å². The number of nitrogens with one attached hydrogen (secondary N) is 2. The number of guanidine groups is 1. The van der Waals surface area contributed by atoms with Crippen molar-refractivity contribution in [2.24, 2.45) is 10.9 Å². The fourth-order valence-electron chi connectivity index (χ4n) is 1.82. The van der Waals surface area contributed by atoms with Crippen molar-refractivity contribution in [1.29, 1.82) is 0 Å². The first-order valence-electron chi connectivity index (χ1n) is 7.57. The molecule has 0 spiro atoms. The molecule has 0 amide bonds. The molecular formula is C15H33N3. The highest BCUT2D eigenvalue weighted by molar-refractivity contribution is 5.80. The van der Waals surface area contributed by atoms with Crippen molar-refractivity contribution < 1.29 is 0 Å². The Bertz CT molecular complexity index is 210. The normalized spacial score (nSPS) is 12.7. The Balaban J connectivity index is 4.33. The van der Waals surface area contributed by atoms with Crippen LogP contribution in [-0.2, 0) is 0 Å². The van der Waals surface area contributed by atoms with Crippen molar-refractivity contribution in [2.75, 3.05) is 6.54 Å². The van der Waals surface area contributed by atoms with Gasteiger partial charge >= 0.3 is 0 Å². The van der Waals surface area contributed by atoms with Gasteiger partial charge in [0.2, 0.25) is 0 Å². The summed E-state index contributed by atoms with van der Waals surface area (Å²) in [5, 5.41) is 6.77. The van der Waals surface area contributed by atoms with Crippen LogP contribution in [0.4, 0.5) is 0 Å². The molecule has 3 heteroatoms. The van der Waals surface area contributed by atoms with Crippen LogP contribution < -0.4 is 10.6 Å². The molecule has 1 atom stereocenters. The van der Waals surface area contributed by atoms with Gasteiger partial charge in [0, 0.05) is 18.6 Å². The quantitative estimate of drug-likeness (QED) is 0.514. The Morgan fingerprint density at radius 1 is 1.00 bits per heavy atom. The van der Waals surface area contributed by atoms with E-state index in [0.717, 1.165) is 18.4 Å². The minimum absolute atomic E-state index is 0.422. The molecule has 0 aromatic carbocycles. The third kappa shape index (κ3) is 9.32. The number of rotatable bonds is 8. The van der Waals surface area contributed by atoms with E-state index in [2.05, 4.69) is 52.2 Å². The predicted octanol–water partition coefficient (Wildman–Crippen LogP) is 3.55. The van der Waals surface area contributed by atoms with E-state index in [-0.39, 0.29) is 0 Å². The summed E-state index contributed by atoms with van der Waals surface area (Å²) < 4.78 is 0. The van der Waals surface area contributed by atoms with Gasteiger partial charge in [-0.2, -0.15) is 0 Å². The number of nitrogens with zero attached hydrogens (tertiary/aromatic N) is 1. The SMILES string of the molecule is CCCCC(CC)CN=C(NC(C)C)NC(C)C. The summed E-state index contributed by atoms with van der Waals surface area (Å²) in [6.07, 6.45) is 5.12. The van der Waals surface area contributed by atoms with Crippen molar-refractivity contribution in [1.82, 2.24) is 10.6 Å². The van der Waals surface area contributed by atoms with Crippen molar-refractivity contribution in [3.8, 4) is 0 Å². The summed E-state index contributed by atoms with van der Waals surface area (Å²) in [7, 11) is 0. The summed E-state index contributed by atoms with van der Waals surface area (Å²) in [6, 6.07) is 0.844. The van der Waals surface area contributed by atoms with Gasteiger partial charge in [-0.05, 0) is 40.0 Å². The van der Waals surface area contributed by atoms with Crippen LogP contribution in [0.5, 0.6) is 0 Å². The molecule has 0 heterocycles. The first-order valence-corrected chi connectivity index (χ1v) is 7.57. The fourth-order valence-corrected chi connectivity index (χ4v) is 1.82. The van der Waals surface area contributed by atoms with E-state index in [1.807, 2.05) is 0 Å². The lowest BCUT2D eigenvalue weighted by Gasteiger charge is -2.19. The summed E-state index contributed by atoms with van der Waals surface area (Å²) in [5.41, 5.74) is 0. The Morgan fingerprint density at radius 3 is 1.94 bits per heavy atom. The highest BCUT2D eigenvalue weighted by Gasteiger charge is 2.07. The minimum Gasteiger partial charge on any atom is -0.354 e. The van der Waals surface area contributed by atoms with Crippen LogP contribution in [0, 0.1) is 5.92 Å². The highest BCUT2D eigenvalue weighted by atomic mass is 15.2. The first kappa shape index (κ1) is 17.3. The Hall–Kier alpha value is -0.730. The third-order valence-corrected chi connectivity index (χ3v) is 2.90. The lowest BCUT2D eigenvalue weighted by molar-refractivity contribution is 0.460. The van der Waals surface area contributed by atoms with Gasteiger partial charge in [0.25, 0.3) is 0 Å². The Kier molecular flexibility index (Phi) is 9.80. The van der Waals surface area contributed by atoms with Crippen LogP contribution in [0.3, 0.4) is 0 Å². The van der Waals surface area contributed by atoms with E-state index in [1.165, 1.54) is 25.7 Å². The molecule has 3 nitrogen and oxygen atoms in total. The largest absolute Gasteiger partial charge is 0.354 e. The second-order valence-corrected chi connectivity index (χ2v) is 5.70. The van der Waals surface area contributed by atoms with Gasteiger partial charge in [0.05, 0.1) is 0 Å². The second kappa shape index (κ2) is 10.2. The van der Waals surface area contributed by atoms with Gasteiger partial charge in [-0.1, -0.05) is 33.1 Å². The summed E-state index contributed by atoms with van der Waals surface area (Å²) in [6.45, 7) is 14.0. The molecule has 0 bridgehead atoms. The lowest BCUT2D eigenvalue weighted by atomic mass is 10.00. The van der Waals surface area contributed by atoms with Gasteiger partial charge in [-0.3, -0.25) is 4.99 Å². The van der Waals surface area contributed by atoms with E-state index in [4.69, 9.17) is 4.99 Å². The lowest BCUT2D eigenvalue weighted by Crippen LogP contribution is -2.44. The number of aliphatic imine (C=N–C) groups is 1. The molecule has 0 saturated heterocycles. The molecule has 0 aliphatic rings. The summed E-state index contributed by atoms with van der Waals surface area (Å²) >= 11 is 0. The van der Waals surface area contributed by atoms with Crippen LogP contribution in [0.25, 0.3) is 0 Å². The maximum Gasteiger partial charge on any atom is 0.191 e. The van der Waals surface area contributed by atoms with E-state index < -0.39 is 0 Å². The zero-order valence-corrected chi connectivity index (χ0v) is 13.2. The van der Waals surface area contributed by atoms with Crippen molar-refractivity contribution in [3.05, 3.63) is 0 Å². The molecule has 0 rings (SSSR count). The zero-order valence-electron chi connectivity index (χ0n) is 13.2. The minimum atomic E-state index is 0.422. The second-order valence-electron chi connectivity index (χ2n) is 5.70. The number of hydrogen-bond donors (Lipinski definition) is 2. The molecule has 2 N–H and O–H groups in total. The van der Waals surface area contributed by atoms with Gasteiger partial charge in [-0.15, -0.1) is 0 Å². The number of unbranched alkanes of at least 4 members (excludes halogenated alkanes) is 1. The molecule has 0 saturated carbocycles. The van der Waals surface area contributed by atoms with Crippen LogP contribution in [-0.4, -0.2) is 24.6 Å². The van der Waals surface area contributed by atoms with Crippen LogP contribution in [0.15, 0.2) is 4.99 Å². The molecule has 108 valence electrons. The first-order chi connectivity index (χ1) is 8.49. The molecule has 0 radical (unpaired) electrons. The van der Waals surface area contributed by atoms with E-state index in [9.17, 15) is 0 Å². The van der Waals surface area contributed by atoms with E-state index >= 15 is 0 Å². The maximum absolute atomic E-state index is 4.72. The molecule has 0 aliphatic heterocycles. The fraction of sp³-hybridized carbons (Fsp3) is 0.933. The molecule has 1 unspecified atom stereocenters. The van der Waals surface area contributed by atoms with Crippen LogP contribution in [0.1, 0.15) is 67.2 Å². The Labute approximate surface area is 114 Å². The van der Waals surface area contributed by atoms with E-state index in [1.54, 1.807) is 0 Å². The standard InChI is InChI=1S/C15H33N3/c1-7-9-10-14(8-2)11-16-15(17-12(3)4)18-13(5)6/h12-14H,7-11H2,1-6H3,(H2,16,17,18).